The number of nitrogen functional groups attached to an aromatic ring is 1. The van der Waals surface area contributed by atoms with E-state index in [0.717, 1.165) is 0 Å². The molecule has 1 amide bonds. The zero-order valence-electron chi connectivity index (χ0n) is 16.9. The standard InChI is InChI=1S/C23H21N3O5S/c24-21-18(16-7-2-1-3-8-16)13-17(22(32(26,30)31)20(21)23(25)29)10-9-14-5-4-6-15(11-14)12-19(27)28/h1-11,13H,12,24H2,(H2,25,29)(H,27,28)(H2,26,30,31)/b10-9+. The topological polar surface area (TPSA) is 167 Å². The van der Waals surface area contributed by atoms with Crippen LogP contribution >= 0.6 is 0 Å². The highest BCUT2D eigenvalue weighted by Gasteiger charge is 2.26. The van der Waals surface area contributed by atoms with Crippen molar-refractivity contribution in [2.45, 2.75) is 11.3 Å². The van der Waals surface area contributed by atoms with Crippen LogP contribution in [0.2, 0.25) is 0 Å². The number of carbonyl (C=O) groups is 2. The van der Waals surface area contributed by atoms with E-state index in [2.05, 4.69) is 0 Å². The van der Waals surface area contributed by atoms with Crippen LogP contribution in [-0.2, 0) is 21.2 Å². The summed E-state index contributed by atoms with van der Waals surface area (Å²) in [5, 5.41) is 14.4. The van der Waals surface area contributed by atoms with Gasteiger partial charge in [-0.1, -0.05) is 66.7 Å². The van der Waals surface area contributed by atoms with Crippen molar-refractivity contribution in [2.75, 3.05) is 5.73 Å². The summed E-state index contributed by atoms with van der Waals surface area (Å²) in [5.41, 5.74) is 13.6. The lowest BCUT2D eigenvalue weighted by atomic mass is 9.96. The van der Waals surface area contributed by atoms with Gasteiger partial charge in [-0.25, -0.2) is 13.6 Å². The number of primary sulfonamides is 1. The van der Waals surface area contributed by atoms with Crippen molar-refractivity contribution in [3.63, 3.8) is 0 Å². The van der Waals surface area contributed by atoms with Crippen molar-refractivity contribution in [3.05, 3.63) is 82.9 Å². The van der Waals surface area contributed by atoms with Crippen LogP contribution in [0.15, 0.2) is 65.6 Å². The van der Waals surface area contributed by atoms with E-state index in [4.69, 9.17) is 21.7 Å². The van der Waals surface area contributed by atoms with E-state index < -0.39 is 26.8 Å². The Kier molecular flexibility index (Phi) is 6.42. The van der Waals surface area contributed by atoms with Gasteiger partial charge in [0, 0.05) is 5.56 Å². The number of primary amides is 1. The first-order chi connectivity index (χ1) is 15.1. The number of rotatable bonds is 7. The van der Waals surface area contributed by atoms with Crippen LogP contribution in [-0.4, -0.2) is 25.4 Å². The Morgan fingerprint density at radius 1 is 0.969 bits per heavy atom. The number of sulfonamides is 1. The Morgan fingerprint density at radius 3 is 2.25 bits per heavy atom. The Bertz CT molecular complexity index is 1330. The number of hydrogen-bond donors (Lipinski definition) is 4. The number of anilines is 1. The van der Waals surface area contributed by atoms with Crippen LogP contribution in [0.1, 0.15) is 27.0 Å². The molecule has 0 aliphatic heterocycles. The van der Waals surface area contributed by atoms with Crippen LogP contribution in [0, 0.1) is 0 Å². The van der Waals surface area contributed by atoms with E-state index in [-0.39, 0.29) is 23.2 Å². The summed E-state index contributed by atoms with van der Waals surface area (Å²) in [6.07, 6.45) is 2.90. The van der Waals surface area contributed by atoms with Crippen molar-refractivity contribution in [1.29, 1.82) is 0 Å². The third kappa shape index (κ3) is 5.02. The molecule has 3 aromatic rings. The first kappa shape index (κ1) is 22.7. The van der Waals surface area contributed by atoms with Crippen molar-refractivity contribution in [3.8, 4) is 11.1 Å². The molecule has 3 rings (SSSR count). The predicted octanol–water partition coefficient (Wildman–Crippen LogP) is 2.48. The maximum absolute atomic E-state index is 12.4. The van der Waals surface area contributed by atoms with Gasteiger partial charge in [0.2, 0.25) is 10.0 Å². The Hall–Kier alpha value is -3.95. The summed E-state index contributed by atoms with van der Waals surface area (Å²) in [4.78, 5) is 22.7. The van der Waals surface area contributed by atoms with Gasteiger partial charge in [0.15, 0.2) is 0 Å². The van der Waals surface area contributed by atoms with E-state index in [9.17, 15) is 18.0 Å². The van der Waals surface area contributed by atoms with E-state index in [1.54, 1.807) is 60.7 Å². The summed E-state index contributed by atoms with van der Waals surface area (Å²) < 4.78 is 24.8. The van der Waals surface area contributed by atoms with Gasteiger partial charge in [-0.05, 0) is 28.3 Å². The Labute approximate surface area is 185 Å². The molecule has 0 unspecified atom stereocenters. The number of carboxylic acids is 1. The van der Waals surface area contributed by atoms with E-state index in [0.29, 0.717) is 22.3 Å². The van der Waals surface area contributed by atoms with Gasteiger partial charge in [-0.3, -0.25) is 9.59 Å². The molecule has 0 fully saturated rings. The van der Waals surface area contributed by atoms with Gasteiger partial charge in [0.25, 0.3) is 5.91 Å². The number of hydrogen-bond acceptors (Lipinski definition) is 5. The minimum absolute atomic E-state index is 0.0895. The maximum atomic E-state index is 12.4. The second-order valence-corrected chi connectivity index (χ2v) is 8.55. The molecule has 0 atom stereocenters. The minimum Gasteiger partial charge on any atom is -0.481 e. The quantitative estimate of drug-likeness (QED) is 0.318. The molecule has 7 N–H and O–H groups in total. The molecule has 9 heteroatoms. The number of nitrogens with two attached hydrogens (primary N) is 3. The highest BCUT2D eigenvalue weighted by atomic mass is 32.2. The smallest absolute Gasteiger partial charge is 0.307 e. The molecular weight excluding hydrogens is 430 g/mol. The van der Waals surface area contributed by atoms with Crippen LogP contribution in [0.3, 0.4) is 0 Å². The van der Waals surface area contributed by atoms with Crippen molar-refractivity contribution >= 4 is 39.7 Å². The summed E-state index contributed by atoms with van der Waals surface area (Å²) in [6.45, 7) is 0. The van der Waals surface area contributed by atoms with Crippen molar-refractivity contribution in [2.24, 2.45) is 10.9 Å². The molecule has 3 aromatic carbocycles. The molecule has 0 aliphatic carbocycles. The molecular formula is C23H21N3O5S. The Balaban J connectivity index is 2.24. The second-order valence-electron chi connectivity index (χ2n) is 7.06. The van der Waals surface area contributed by atoms with Crippen molar-refractivity contribution < 1.29 is 23.1 Å². The van der Waals surface area contributed by atoms with E-state index in [1.165, 1.54) is 12.1 Å². The molecule has 0 bridgehead atoms. The SMILES string of the molecule is NC(=O)c1c(N)c(-c2ccccc2)cc(/C=C/c2cccc(CC(=O)O)c2)c1S(N)(=O)=O. The monoisotopic (exact) mass is 451 g/mol. The molecule has 0 spiro atoms. The van der Waals surface area contributed by atoms with Gasteiger partial charge < -0.3 is 16.6 Å². The minimum atomic E-state index is -4.37. The average Bonchev–Trinajstić information content (AvgIpc) is 2.72. The molecule has 0 radical (unpaired) electrons. The van der Waals surface area contributed by atoms with Crippen LogP contribution in [0.5, 0.6) is 0 Å². The lowest BCUT2D eigenvalue weighted by Crippen LogP contribution is -2.23. The molecule has 0 saturated carbocycles. The lowest BCUT2D eigenvalue weighted by molar-refractivity contribution is -0.136. The number of carboxylic acid groups (broad SMARTS) is 1. The highest BCUT2D eigenvalue weighted by Crippen LogP contribution is 2.36. The molecule has 0 saturated heterocycles. The normalized spacial score (nSPS) is 11.5. The van der Waals surface area contributed by atoms with Crippen LogP contribution in [0.25, 0.3) is 23.3 Å². The van der Waals surface area contributed by atoms with Crippen LogP contribution in [0.4, 0.5) is 5.69 Å². The van der Waals surface area contributed by atoms with Crippen molar-refractivity contribution in [1.82, 2.24) is 0 Å². The summed E-state index contributed by atoms with van der Waals surface area (Å²) in [5.74, 6) is -2.00. The van der Waals surface area contributed by atoms with Crippen LogP contribution < -0.4 is 16.6 Å². The summed E-state index contributed by atoms with van der Waals surface area (Å²) >= 11 is 0. The van der Waals surface area contributed by atoms with Gasteiger partial charge in [-0.2, -0.15) is 0 Å². The fraction of sp³-hybridized carbons (Fsp3) is 0.0435. The van der Waals surface area contributed by atoms with Gasteiger partial charge in [0.05, 0.1) is 17.7 Å². The zero-order chi connectivity index (χ0) is 23.5. The van der Waals surface area contributed by atoms with E-state index in [1.807, 2.05) is 0 Å². The molecule has 0 aromatic heterocycles. The van der Waals surface area contributed by atoms with E-state index >= 15 is 0 Å². The summed E-state index contributed by atoms with van der Waals surface area (Å²) in [6, 6.07) is 17.1. The number of aliphatic carboxylic acids is 1. The lowest BCUT2D eigenvalue weighted by Gasteiger charge is -2.16. The molecule has 0 aliphatic rings. The molecule has 164 valence electrons. The Morgan fingerprint density at radius 2 is 1.66 bits per heavy atom. The highest BCUT2D eigenvalue weighted by molar-refractivity contribution is 7.89. The first-order valence-corrected chi connectivity index (χ1v) is 11.0. The third-order valence-corrected chi connectivity index (χ3v) is 5.73. The number of amides is 1. The number of benzene rings is 3. The first-order valence-electron chi connectivity index (χ1n) is 9.41. The van der Waals surface area contributed by atoms with Gasteiger partial charge >= 0.3 is 5.97 Å². The summed E-state index contributed by atoms with van der Waals surface area (Å²) in [7, 11) is -4.37. The number of carbonyl (C=O) groups excluding carboxylic acids is 1. The molecule has 32 heavy (non-hydrogen) atoms. The van der Waals surface area contributed by atoms with Gasteiger partial charge in [0.1, 0.15) is 4.90 Å². The van der Waals surface area contributed by atoms with Gasteiger partial charge in [-0.15, -0.1) is 0 Å². The molecule has 8 nitrogen and oxygen atoms in total. The fourth-order valence-corrected chi connectivity index (χ4v) is 4.35. The maximum Gasteiger partial charge on any atom is 0.307 e. The predicted molar refractivity (Wildman–Crippen MR) is 123 cm³/mol. The second kappa shape index (κ2) is 9.04. The fourth-order valence-electron chi connectivity index (χ4n) is 3.40. The third-order valence-electron chi connectivity index (χ3n) is 4.73. The zero-order valence-corrected chi connectivity index (χ0v) is 17.7. The largest absolute Gasteiger partial charge is 0.481 e. The molecule has 0 heterocycles. The average molecular weight is 452 g/mol.